The van der Waals surface area contributed by atoms with E-state index in [1.807, 2.05) is 12.1 Å². The SMILES string of the molecule is COc1ccc(C=O)cc1CN1CCC(=O)CC1. The van der Waals surface area contributed by atoms with Crippen LogP contribution >= 0.6 is 0 Å². The molecule has 0 amide bonds. The highest BCUT2D eigenvalue weighted by Crippen LogP contribution is 2.22. The largest absolute Gasteiger partial charge is 0.496 e. The Labute approximate surface area is 107 Å². The van der Waals surface area contributed by atoms with Crippen molar-refractivity contribution in [1.29, 1.82) is 0 Å². The molecular formula is C14H17NO3. The molecule has 0 saturated carbocycles. The molecule has 1 saturated heterocycles. The zero-order chi connectivity index (χ0) is 13.0. The minimum absolute atomic E-state index is 0.333. The molecule has 0 N–H and O–H groups in total. The molecule has 1 aromatic carbocycles. The summed E-state index contributed by atoms with van der Waals surface area (Å²) in [6, 6.07) is 5.41. The fraction of sp³-hybridized carbons (Fsp3) is 0.429. The van der Waals surface area contributed by atoms with Crippen LogP contribution in [0.1, 0.15) is 28.8 Å². The molecule has 1 fully saturated rings. The number of hydrogen-bond acceptors (Lipinski definition) is 4. The second kappa shape index (κ2) is 5.78. The summed E-state index contributed by atoms with van der Waals surface area (Å²) in [7, 11) is 1.62. The Hall–Kier alpha value is -1.68. The molecule has 4 heteroatoms. The van der Waals surface area contributed by atoms with E-state index in [0.717, 1.165) is 37.2 Å². The van der Waals surface area contributed by atoms with Gasteiger partial charge in [-0.25, -0.2) is 0 Å². The van der Waals surface area contributed by atoms with E-state index in [-0.39, 0.29) is 0 Å². The maximum Gasteiger partial charge on any atom is 0.150 e. The van der Waals surface area contributed by atoms with Crippen LogP contribution in [0.3, 0.4) is 0 Å². The molecule has 1 aliphatic heterocycles. The summed E-state index contributed by atoms with van der Waals surface area (Å²) in [4.78, 5) is 24.2. The van der Waals surface area contributed by atoms with Crippen LogP contribution in [0.25, 0.3) is 0 Å². The second-order valence-corrected chi connectivity index (χ2v) is 4.50. The fourth-order valence-corrected chi connectivity index (χ4v) is 2.20. The maximum atomic E-state index is 11.2. The number of nitrogens with zero attached hydrogens (tertiary/aromatic N) is 1. The van der Waals surface area contributed by atoms with Gasteiger partial charge in [-0.2, -0.15) is 0 Å². The highest BCUT2D eigenvalue weighted by atomic mass is 16.5. The number of piperidine rings is 1. The highest BCUT2D eigenvalue weighted by Gasteiger charge is 2.17. The minimum Gasteiger partial charge on any atom is -0.496 e. The average molecular weight is 247 g/mol. The Bertz CT molecular complexity index is 446. The summed E-state index contributed by atoms with van der Waals surface area (Å²) in [5.41, 5.74) is 1.65. The Morgan fingerprint density at radius 1 is 1.33 bits per heavy atom. The molecule has 0 spiro atoms. The highest BCUT2D eigenvalue weighted by molar-refractivity contribution is 5.79. The smallest absolute Gasteiger partial charge is 0.150 e. The van der Waals surface area contributed by atoms with E-state index in [1.54, 1.807) is 13.2 Å². The first-order valence-corrected chi connectivity index (χ1v) is 6.09. The van der Waals surface area contributed by atoms with E-state index in [0.29, 0.717) is 24.2 Å². The maximum absolute atomic E-state index is 11.2. The first-order chi connectivity index (χ1) is 8.72. The minimum atomic E-state index is 0.333. The Morgan fingerprint density at radius 3 is 2.67 bits per heavy atom. The van der Waals surface area contributed by atoms with Crippen molar-refractivity contribution in [2.75, 3.05) is 20.2 Å². The van der Waals surface area contributed by atoms with E-state index in [2.05, 4.69) is 4.90 Å². The van der Waals surface area contributed by atoms with Crippen LogP contribution in [0.5, 0.6) is 5.75 Å². The molecule has 2 rings (SSSR count). The van der Waals surface area contributed by atoms with Crippen molar-refractivity contribution in [3.63, 3.8) is 0 Å². The van der Waals surface area contributed by atoms with Gasteiger partial charge in [-0.3, -0.25) is 14.5 Å². The standard InChI is InChI=1S/C14H17NO3/c1-18-14-3-2-11(10-16)8-12(14)9-15-6-4-13(17)5-7-15/h2-3,8,10H,4-7,9H2,1H3. The number of aldehydes is 1. The van der Waals surface area contributed by atoms with Crippen molar-refractivity contribution in [3.8, 4) is 5.75 Å². The van der Waals surface area contributed by atoms with Crippen LogP contribution in [-0.2, 0) is 11.3 Å². The van der Waals surface area contributed by atoms with Crippen LogP contribution in [0, 0.1) is 0 Å². The average Bonchev–Trinajstić information content (AvgIpc) is 2.41. The summed E-state index contributed by atoms with van der Waals surface area (Å²) in [5.74, 6) is 1.12. The Morgan fingerprint density at radius 2 is 2.06 bits per heavy atom. The third kappa shape index (κ3) is 2.96. The molecular weight excluding hydrogens is 230 g/mol. The van der Waals surface area contributed by atoms with Crippen LogP contribution in [0.15, 0.2) is 18.2 Å². The molecule has 18 heavy (non-hydrogen) atoms. The second-order valence-electron chi connectivity index (χ2n) is 4.50. The number of ketones is 1. The number of benzene rings is 1. The number of hydrogen-bond donors (Lipinski definition) is 0. The van der Waals surface area contributed by atoms with Gasteiger partial charge in [0.15, 0.2) is 0 Å². The lowest BCUT2D eigenvalue weighted by Crippen LogP contribution is -2.33. The number of carbonyl (C=O) groups excluding carboxylic acids is 2. The molecule has 1 aliphatic rings. The van der Waals surface area contributed by atoms with Crippen LogP contribution < -0.4 is 4.74 Å². The van der Waals surface area contributed by atoms with E-state index in [4.69, 9.17) is 4.74 Å². The van der Waals surface area contributed by atoms with Gasteiger partial charge >= 0.3 is 0 Å². The number of Topliss-reactive ketones (excluding diaryl/α,β-unsaturated/α-hetero) is 1. The molecule has 0 atom stereocenters. The van der Waals surface area contributed by atoms with Crippen molar-refractivity contribution < 1.29 is 14.3 Å². The predicted octanol–water partition coefficient (Wildman–Crippen LogP) is 1.67. The van der Waals surface area contributed by atoms with Crippen LogP contribution in [0.4, 0.5) is 0 Å². The van der Waals surface area contributed by atoms with E-state index in [9.17, 15) is 9.59 Å². The van der Waals surface area contributed by atoms with Gasteiger partial charge in [0.05, 0.1) is 7.11 Å². The molecule has 0 bridgehead atoms. The van der Waals surface area contributed by atoms with Crippen LogP contribution in [0.2, 0.25) is 0 Å². The molecule has 1 heterocycles. The van der Waals surface area contributed by atoms with Crippen LogP contribution in [-0.4, -0.2) is 37.2 Å². The van der Waals surface area contributed by atoms with Gasteiger partial charge in [-0.15, -0.1) is 0 Å². The summed E-state index contributed by atoms with van der Waals surface area (Å²) in [5, 5.41) is 0. The molecule has 0 aromatic heterocycles. The van der Waals surface area contributed by atoms with E-state index in [1.165, 1.54) is 0 Å². The summed E-state index contributed by atoms with van der Waals surface area (Å²) >= 11 is 0. The lowest BCUT2D eigenvalue weighted by Gasteiger charge is -2.26. The van der Waals surface area contributed by atoms with Gasteiger partial charge in [-0.05, 0) is 18.2 Å². The quantitative estimate of drug-likeness (QED) is 0.759. The lowest BCUT2D eigenvalue weighted by atomic mass is 10.1. The summed E-state index contributed by atoms with van der Waals surface area (Å²) < 4.78 is 5.30. The van der Waals surface area contributed by atoms with Crippen molar-refractivity contribution in [1.82, 2.24) is 4.90 Å². The molecule has 96 valence electrons. The number of carbonyl (C=O) groups is 2. The fourth-order valence-electron chi connectivity index (χ4n) is 2.20. The molecule has 4 nitrogen and oxygen atoms in total. The molecule has 0 radical (unpaired) electrons. The van der Waals surface area contributed by atoms with Gasteiger partial charge in [0, 0.05) is 43.6 Å². The topological polar surface area (TPSA) is 46.6 Å². The monoisotopic (exact) mass is 247 g/mol. The first kappa shape index (κ1) is 12.8. The van der Waals surface area contributed by atoms with Gasteiger partial charge < -0.3 is 4.74 Å². The summed E-state index contributed by atoms with van der Waals surface area (Å²) in [6.45, 7) is 2.29. The van der Waals surface area contributed by atoms with Crippen molar-refractivity contribution >= 4 is 12.1 Å². The molecule has 1 aromatic rings. The number of methoxy groups -OCH3 is 1. The third-order valence-corrected chi connectivity index (χ3v) is 3.25. The van der Waals surface area contributed by atoms with Crippen molar-refractivity contribution in [2.45, 2.75) is 19.4 Å². The Balaban J connectivity index is 2.11. The zero-order valence-electron chi connectivity index (χ0n) is 10.5. The van der Waals surface area contributed by atoms with Gasteiger partial charge in [0.2, 0.25) is 0 Å². The number of rotatable bonds is 4. The number of ether oxygens (including phenoxy) is 1. The normalized spacial score (nSPS) is 16.6. The molecule has 0 unspecified atom stereocenters. The van der Waals surface area contributed by atoms with Gasteiger partial charge in [0.25, 0.3) is 0 Å². The van der Waals surface area contributed by atoms with E-state index >= 15 is 0 Å². The Kier molecular flexibility index (Phi) is 4.10. The number of likely N-dealkylation sites (tertiary alicyclic amines) is 1. The van der Waals surface area contributed by atoms with Gasteiger partial charge in [0.1, 0.15) is 17.8 Å². The first-order valence-electron chi connectivity index (χ1n) is 6.09. The van der Waals surface area contributed by atoms with Crippen molar-refractivity contribution in [3.05, 3.63) is 29.3 Å². The van der Waals surface area contributed by atoms with Gasteiger partial charge in [-0.1, -0.05) is 0 Å². The van der Waals surface area contributed by atoms with Crippen molar-refractivity contribution in [2.24, 2.45) is 0 Å². The molecule has 0 aliphatic carbocycles. The lowest BCUT2D eigenvalue weighted by molar-refractivity contribution is -0.121. The zero-order valence-corrected chi connectivity index (χ0v) is 10.5. The van der Waals surface area contributed by atoms with E-state index < -0.39 is 0 Å². The predicted molar refractivity (Wildman–Crippen MR) is 67.9 cm³/mol. The summed E-state index contributed by atoms with van der Waals surface area (Å²) in [6.07, 6.45) is 2.08. The third-order valence-electron chi connectivity index (χ3n) is 3.25.